The minimum atomic E-state index is -0.154. The predicted octanol–water partition coefficient (Wildman–Crippen LogP) is 0.301. The number of piperazine rings is 1. The Labute approximate surface area is 94.9 Å². The van der Waals surface area contributed by atoms with E-state index >= 15 is 0 Å². The molecule has 0 aromatic carbocycles. The zero-order valence-electron chi connectivity index (χ0n) is 9.60. The first kappa shape index (κ1) is 11.0. The SMILES string of the molecule is CC1(C)CNCCN1C(=O)c1ccnnc1. The summed E-state index contributed by atoms with van der Waals surface area (Å²) < 4.78 is 0. The van der Waals surface area contributed by atoms with Gasteiger partial charge in [0, 0.05) is 19.6 Å². The molecule has 0 spiro atoms. The molecule has 2 rings (SSSR count). The zero-order valence-corrected chi connectivity index (χ0v) is 9.60. The van der Waals surface area contributed by atoms with Gasteiger partial charge in [-0.2, -0.15) is 10.2 Å². The Morgan fingerprint density at radius 3 is 2.94 bits per heavy atom. The van der Waals surface area contributed by atoms with E-state index in [0.29, 0.717) is 5.56 Å². The quantitative estimate of drug-likeness (QED) is 0.739. The lowest BCUT2D eigenvalue weighted by Gasteiger charge is -2.42. The van der Waals surface area contributed by atoms with Crippen molar-refractivity contribution in [1.82, 2.24) is 20.4 Å². The maximum absolute atomic E-state index is 12.2. The van der Waals surface area contributed by atoms with Crippen molar-refractivity contribution in [2.45, 2.75) is 19.4 Å². The molecule has 1 aliphatic heterocycles. The number of carbonyl (C=O) groups is 1. The van der Waals surface area contributed by atoms with Crippen LogP contribution in [0.1, 0.15) is 24.2 Å². The molecule has 1 aliphatic rings. The summed E-state index contributed by atoms with van der Waals surface area (Å²) in [5, 5.41) is 10.7. The molecule has 0 saturated carbocycles. The summed E-state index contributed by atoms with van der Waals surface area (Å²) in [6, 6.07) is 1.70. The van der Waals surface area contributed by atoms with E-state index in [1.807, 2.05) is 4.90 Å². The van der Waals surface area contributed by atoms with E-state index in [1.165, 1.54) is 6.20 Å². The van der Waals surface area contributed by atoms with Gasteiger partial charge in [-0.15, -0.1) is 0 Å². The topological polar surface area (TPSA) is 58.1 Å². The van der Waals surface area contributed by atoms with Gasteiger partial charge >= 0.3 is 0 Å². The average Bonchev–Trinajstić information content (AvgIpc) is 2.29. The molecule has 1 aromatic rings. The summed E-state index contributed by atoms with van der Waals surface area (Å²) in [6.45, 7) is 6.51. The van der Waals surface area contributed by atoms with Crippen molar-refractivity contribution in [2.24, 2.45) is 0 Å². The molecule has 5 nitrogen and oxygen atoms in total. The molecule has 1 N–H and O–H groups in total. The van der Waals surface area contributed by atoms with Crippen molar-refractivity contribution < 1.29 is 4.79 Å². The number of amides is 1. The fourth-order valence-corrected chi connectivity index (χ4v) is 1.93. The van der Waals surface area contributed by atoms with Crippen LogP contribution in [0.2, 0.25) is 0 Å². The van der Waals surface area contributed by atoms with Gasteiger partial charge in [-0.05, 0) is 19.9 Å². The van der Waals surface area contributed by atoms with E-state index in [1.54, 1.807) is 12.3 Å². The molecule has 0 unspecified atom stereocenters. The molecule has 86 valence electrons. The van der Waals surface area contributed by atoms with Crippen LogP contribution in [0, 0.1) is 0 Å². The van der Waals surface area contributed by atoms with Crippen molar-refractivity contribution in [3.05, 3.63) is 24.0 Å². The molecule has 0 bridgehead atoms. The van der Waals surface area contributed by atoms with Gasteiger partial charge in [0.05, 0.1) is 23.5 Å². The number of hydrogen-bond donors (Lipinski definition) is 1. The Morgan fingerprint density at radius 1 is 1.50 bits per heavy atom. The lowest BCUT2D eigenvalue weighted by molar-refractivity contribution is 0.0477. The highest BCUT2D eigenvalue weighted by Crippen LogP contribution is 2.18. The van der Waals surface area contributed by atoms with Crippen molar-refractivity contribution >= 4 is 5.91 Å². The summed E-state index contributed by atoms with van der Waals surface area (Å²) >= 11 is 0. The molecule has 0 radical (unpaired) electrons. The second-order valence-corrected chi connectivity index (χ2v) is 4.58. The van der Waals surface area contributed by atoms with Crippen LogP contribution >= 0.6 is 0 Å². The molecule has 16 heavy (non-hydrogen) atoms. The molecule has 0 aliphatic carbocycles. The van der Waals surface area contributed by atoms with Gasteiger partial charge in [-0.3, -0.25) is 4.79 Å². The van der Waals surface area contributed by atoms with Crippen LogP contribution in [-0.4, -0.2) is 46.2 Å². The first-order valence-corrected chi connectivity index (χ1v) is 5.41. The van der Waals surface area contributed by atoms with Gasteiger partial charge in [0.2, 0.25) is 0 Å². The third-order valence-corrected chi connectivity index (χ3v) is 2.88. The van der Waals surface area contributed by atoms with E-state index in [0.717, 1.165) is 19.6 Å². The predicted molar refractivity (Wildman–Crippen MR) is 60.0 cm³/mol. The smallest absolute Gasteiger partial charge is 0.256 e. The molecular formula is C11H16N4O. The van der Waals surface area contributed by atoms with Crippen molar-refractivity contribution in [3.63, 3.8) is 0 Å². The number of hydrogen-bond acceptors (Lipinski definition) is 4. The number of nitrogens with zero attached hydrogens (tertiary/aromatic N) is 3. The van der Waals surface area contributed by atoms with Gasteiger partial charge in [0.1, 0.15) is 0 Å². The van der Waals surface area contributed by atoms with Crippen LogP contribution in [0.15, 0.2) is 18.5 Å². The van der Waals surface area contributed by atoms with Crippen LogP contribution in [0.5, 0.6) is 0 Å². The van der Waals surface area contributed by atoms with Crippen LogP contribution in [0.25, 0.3) is 0 Å². The number of rotatable bonds is 1. The molecule has 1 fully saturated rings. The van der Waals surface area contributed by atoms with Crippen molar-refractivity contribution in [2.75, 3.05) is 19.6 Å². The normalized spacial score (nSPS) is 19.5. The van der Waals surface area contributed by atoms with Gasteiger partial charge in [-0.25, -0.2) is 0 Å². The maximum atomic E-state index is 12.2. The van der Waals surface area contributed by atoms with E-state index in [9.17, 15) is 4.79 Å². The maximum Gasteiger partial charge on any atom is 0.256 e. The van der Waals surface area contributed by atoms with E-state index in [4.69, 9.17) is 0 Å². The first-order chi connectivity index (χ1) is 7.61. The monoisotopic (exact) mass is 220 g/mol. The Kier molecular flexibility index (Phi) is 2.87. The summed E-state index contributed by atoms with van der Waals surface area (Å²) in [6.07, 6.45) is 3.06. The number of aromatic nitrogens is 2. The molecule has 5 heteroatoms. The molecule has 1 aromatic heterocycles. The summed E-state index contributed by atoms with van der Waals surface area (Å²) in [4.78, 5) is 14.1. The highest BCUT2D eigenvalue weighted by atomic mass is 16.2. The summed E-state index contributed by atoms with van der Waals surface area (Å²) in [5.41, 5.74) is 0.448. The fraction of sp³-hybridized carbons (Fsp3) is 0.545. The Morgan fingerprint density at radius 2 is 2.31 bits per heavy atom. The average molecular weight is 220 g/mol. The van der Waals surface area contributed by atoms with Crippen molar-refractivity contribution in [1.29, 1.82) is 0 Å². The fourth-order valence-electron chi connectivity index (χ4n) is 1.93. The highest BCUT2D eigenvalue weighted by Gasteiger charge is 2.33. The largest absolute Gasteiger partial charge is 0.331 e. The highest BCUT2D eigenvalue weighted by molar-refractivity contribution is 5.94. The minimum Gasteiger partial charge on any atom is -0.331 e. The summed E-state index contributed by atoms with van der Waals surface area (Å²) in [7, 11) is 0. The second kappa shape index (κ2) is 4.17. The van der Waals surface area contributed by atoms with Crippen LogP contribution in [0.4, 0.5) is 0 Å². The number of nitrogens with one attached hydrogen (secondary N) is 1. The van der Waals surface area contributed by atoms with Crippen LogP contribution in [-0.2, 0) is 0 Å². The second-order valence-electron chi connectivity index (χ2n) is 4.58. The van der Waals surface area contributed by atoms with Crippen LogP contribution < -0.4 is 5.32 Å². The molecule has 2 heterocycles. The minimum absolute atomic E-state index is 0.0291. The summed E-state index contributed by atoms with van der Waals surface area (Å²) in [5.74, 6) is 0.0291. The van der Waals surface area contributed by atoms with Gasteiger partial charge in [-0.1, -0.05) is 0 Å². The zero-order chi connectivity index (χ0) is 11.6. The Hall–Kier alpha value is -1.49. The lowest BCUT2D eigenvalue weighted by Crippen LogP contribution is -2.59. The van der Waals surface area contributed by atoms with Crippen molar-refractivity contribution in [3.8, 4) is 0 Å². The molecular weight excluding hydrogens is 204 g/mol. The molecule has 1 saturated heterocycles. The Bertz CT molecular complexity index is 377. The van der Waals surface area contributed by atoms with E-state index in [-0.39, 0.29) is 11.4 Å². The Balaban J connectivity index is 2.21. The van der Waals surface area contributed by atoms with Gasteiger partial charge < -0.3 is 10.2 Å². The molecule has 1 amide bonds. The lowest BCUT2D eigenvalue weighted by atomic mass is 9.99. The third kappa shape index (κ3) is 2.04. The van der Waals surface area contributed by atoms with Gasteiger partial charge in [0.25, 0.3) is 5.91 Å². The van der Waals surface area contributed by atoms with E-state index < -0.39 is 0 Å². The third-order valence-electron chi connectivity index (χ3n) is 2.88. The first-order valence-electron chi connectivity index (χ1n) is 5.41. The molecule has 0 atom stereocenters. The van der Waals surface area contributed by atoms with Gasteiger partial charge in [0.15, 0.2) is 0 Å². The van der Waals surface area contributed by atoms with Crippen LogP contribution in [0.3, 0.4) is 0 Å². The van der Waals surface area contributed by atoms with E-state index in [2.05, 4.69) is 29.4 Å². The standard InChI is InChI=1S/C11H16N4O/c1-11(2)8-12-5-6-15(11)10(16)9-3-4-13-14-7-9/h3-4,7,12H,5-6,8H2,1-2H3. The number of carbonyl (C=O) groups excluding carboxylic acids is 1.